The summed E-state index contributed by atoms with van der Waals surface area (Å²) < 4.78 is 101. The van der Waals surface area contributed by atoms with Gasteiger partial charge in [0.1, 0.15) is 12.4 Å². The second-order valence-corrected chi connectivity index (χ2v) is 7.86. The third-order valence-corrected chi connectivity index (χ3v) is 5.08. The van der Waals surface area contributed by atoms with Gasteiger partial charge in [-0.2, -0.15) is 26.3 Å². The van der Waals surface area contributed by atoms with Gasteiger partial charge in [0.15, 0.2) is 5.75 Å². The molecule has 1 amide bonds. The van der Waals surface area contributed by atoms with E-state index in [4.69, 9.17) is 16.2 Å². The Hall–Kier alpha value is -4.51. The number of nitrogens with one attached hydrogen (secondary N) is 1. The minimum absolute atomic E-state index is 0.0346. The van der Waals surface area contributed by atoms with Crippen molar-refractivity contribution < 1.29 is 40.3 Å². The molecule has 0 aliphatic heterocycles. The molecule has 7 nitrogen and oxygen atoms in total. The van der Waals surface area contributed by atoms with E-state index in [1.54, 1.807) is 7.05 Å². The minimum Gasteiger partial charge on any atom is -0.409 e. The number of hydrogen-bond acceptors (Lipinski definition) is 6. The molecule has 0 aromatic heterocycles. The molecule has 0 atom stereocenters. The maximum atomic E-state index is 14.0. The van der Waals surface area contributed by atoms with Gasteiger partial charge in [-0.25, -0.2) is 9.18 Å². The summed E-state index contributed by atoms with van der Waals surface area (Å²) in [4.78, 5) is 17.4. The zero-order chi connectivity index (χ0) is 32.1. The lowest BCUT2D eigenvalue weighted by molar-refractivity contribution is -0.143. The fraction of sp³-hybridized carbons (Fsp3) is 0.286. The number of nitrogens with two attached hydrogens (primary N) is 2. The SMILES string of the molecule is CC.CN/C=C(/C#CCN=C/C(=C\N)c1cc(C(F)(F)F)cc(C(F)(F)F)c1OC(=O)N(C)c1ccc(F)cc1)CN. The van der Waals surface area contributed by atoms with Crippen LogP contribution in [0, 0.1) is 17.7 Å². The Morgan fingerprint density at radius 3 is 2.21 bits per heavy atom. The fourth-order valence-corrected chi connectivity index (χ4v) is 3.12. The monoisotopic (exact) mass is 601 g/mol. The molecule has 0 aliphatic carbocycles. The Balaban J connectivity index is 0.00000431. The number of alkyl halides is 6. The van der Waals surface area contributed by atoms with E-state index >= 15 is 0 Å². The number of carbonyl (C=O) groups excluding carboxylic acids is 1. The molecule has 0 saturated heterocycles. The van der Waals surface area contributed by atoms with E-state index in [-0.39, 0.29) is 24.8 Å². The summed E-state index contributed by atoms with van der Waals surface area (Å²) in [5.74, 6) is 3.43. The van der Waals surface area contributed by atoms with Crippen LogP contribution in [0.4, 0.5) is 41.2 Å². The Morgan fingerprint density at radius 1 is 1.10 bits per heavy atom. The molecule has 0 heterocycles. The van der Waals surface area contributed by atoms with E-state index in [9.17, 15) is 35.5 Å². The molecule has 42 heavy (non-hydrogen) atoms. The van der Waals surface area contributed by atoms with E-state index in [2.05, 4.69) is 22.2 Å². The number of allylic oxidation sites excluding steroid dienone is 1. The van der Waals surface area contributed by atoms with Crippen LogP contribution in [-0.2, 0) is 12.4 Å². The van der Waals surface area contributed by atoms with Gasteiger partial charge in [-0.15, -0.1) is 0 Å². The molecule has 0 saturated carbocycles. The highest BCUT2D eigenvalue weighted by Gasteiger charge is 2.41. The van der Waals surface area contributed by atoms with Gasteiger partial charge in [-0.3, -0.25) is 9.89 Å². The average Bonchev–Trinajstić information content (AvgIpc) is 2.94. The smallest absolute Gasteiger partial charge is 0.409 e. The molecule has 2 aromatic carbocycles. The van der Waals surface area contributed by atoms with Crippen molar-refractivity contribution in [1.82, 2.24) is 5.32 Å². The highest BCUT2D eigenvalue weighted by Crippen LogP contribution is 2.44. The van der Waals surface area contributed by atoms with Crippen molar-refractivity contribution in [1.29, 1.82) is 0 Å². The van der Waals surface area contributed by atoms with Gasteiger partial charge in [0, 0.05) is 61.7 Å². The molecule has 228 valence electrons. The molecule has 0 radical (unpaired) electrons. The van der Waals surface area contributed by atoms with E-state index in [0.717, 1.165) is 42.4 Å². The Bertz CT molecular complexity index is 1350. The number of rotatable bonds is 7. The third-order valence-electron chi connectivity index (χ3n) is 5.08. The van der Waals surface area contributed by atoms with Crippen LogP contribution in [0.3, 0.4) is 0 Å². The van der Waals surface area contributed by atoms with Crippen molar-refractivity contribution in [3.63, 3.8) is 0 Å². The van der Waals surface area contributed by atoms with Crippen molar-refractivity contribution in [2.24, 2.45) is 16.5 Å². The predicted octanol–water partition coefficient (Wildman–Crippen LogP) is 5.96. The van der Waals surface area contributed by atoms with Gasteiger partial charge in [-0.1, -0.05) is 25.7 Å². The molecule has 2 rings (SSSR count). The van der Waals surface area contributed by atoms with E-state index in [1.165, 1.54) is 6.20 Å². The van der Waals surface area contributed by atoms with Crippen LogP contribution >= 0.6 is 0 Å². The largest absolute Gasteiger partial charge is 0.420 e. The lowest BCUT2D eigenvalue weighted by Crippen LogP contribution is -2.30. The molecule has 14 heteroatoms. The van der Waals surface area contributed by atoms with Crippen LogP contribution < -0.4 is 26.4 Å². The highest BCUT2D eigenvalue weighted by molar-refractivity contribution is 6.11. The number of anilines is 1. The Labute approximate surface area is 238 Å². The van der Waals surface area contributed by atoms with Crippen molar-refractivity contribution in [3.05, 3.63) is 76.9 Å². The zero-order valence-corrected chi connectivity index (χ0v) is 23.1. The summed E-state index contributed by atoms with van der Waals surface area (Å²) in [7, 11) is 2.74. The number of benzene rings is 2. The number of amides is 1. The molecule has 0 bridgehead atoms. The zero-order valence-electron chi connectivity index (χ0n) is 23.1. The first-order valence-corrected chi connectivity index (χ1v) is 12.2. The van der Waals surface area contributed by atoms with Crippen molar-refractivity contribution in [2.75, 3.05) is 32.1 Å². The maximum absolute atomic E-state index is 14.0. The number of aliphatic imine (C=N–C) groups is 1. The topological polar surface area (TPSA) is 106 Å². The van der Waals surface area contributed by atoms with Crippen LogP contribution in [0.1, 0.15) is 30.5 Å². The Kier molecular flexibility index (Phi) is 13.6. The molecule has 2 aromatic rings. The fourth-order valence-electron chi connectivity index (χ4n) is 3.12. The summed E-state index contributed by atoms with van der Waals surface area (Å²) >= 11 is 0. The van der Waals surface area contributed by atoms with Gasteiger partial charge >= 0.3 is 18.4 Å². The van der Waals surface area contributed by atoms with Crippen LogP contribution in [0.2, 0.25) is 0 Å². The third kappa shape index (κ3) is 10.2. The maximum Gasteiger partial charge on any atom is 0.420 e. The van der Waals surface area contributed by atoms with Gasteiger partial charge in [0.05, 0.1) is 11.1 Å². The van der Waals surface area contributed by atoms with E-state index in [1.807, 2.05) is 13.8 Å². The molecular weight excluding hydrogens is 571 g/mol. The Morgan fingerprint density at radius 2 is 1.71 bits per heavy atom. The summed E-state index contributed by atoms with van der Waals surface area (Å²) in [6, 6.07) is 4.45. The molecule has 0 fully saturated rings. The normalized spacial score (nSPS) is 12.2. The minimum atomic E-state index is -5.37. The molecular formula is C28H30F7N5O2. The van der Waals surface area contributed by atoms with Crippen LogP contribution in [-0.4, -0.2) is 39.5 Å². The van der Waals surface area contributed by atoms with Crippen molar-refractivity contribution in [3.8, 4) is 17.6 Å². The molecule has 5 N–H and O–H groups in total. The second kappa shape index (κ2) is 16.1. The molecule has 0 spiro atoms. The first kappa shape index (κ1) is 35.5. The van der Waals surface area contributed by atoms with Gasteiger partial charge in [-0.05, 0) is 36.4 Å². The number of nitrogens with zero attached hydrogens (tertiary/aromatic N) is 2. The first-order valence-electron chi connectivity index (χ1n) is 12.2. The lowest BCUT2D eigenvalue weighted by atomic mass is 9.98. The molecule has 0 unspecified atom stereocenters. The number of hydrogen-bond donors (Lipinski definition) is 3. The highest BCUT2D eigenvalue weighted by atomic mass is 19.4. The van der Waals surface area contributed by atoms with Gasteiger partial charge in [0.25, 0.3) is 0 Å². The van der Waals surface area contributed by atoms with Crippen LogP contribution in [0.25, 0.3) is 5.57 Å². The quantitative estimate of drug-likeness (QED) is 0.206. The lowest BCUT2D eigenvalue weighted by Gasteiger charge is -2.22. The van der Waals surface area contributed by atoms with E-state index in [0.29, 0.717) is 17.8 Å². The standard InChI is InChI=1S/C26H24F7N5O2.C2H6/c1-36-14-16(12-34)4-3-9-37-15-17(13-35)21-10-18(25(28,29)30)11-22(26(31,32)33)23(21)40-24(39)38(2)20-7-5-19(27)6-8-20;1-2/h5-8,10-11,13-15,36H,9,12,34-35H2,1-2H3;1-2H3/b16-14-,17-13+,37-15?;. The van der Waals surface area contributed by atoms with Gasteiger partial charge < -0.3 is 21.5 Å². The van der Waals surface area contributed by atoms with E-state index < -0.39 is 52.3 Å². The van der Waals surface area contributed by atoms with Crippen molar-refractivity contribution in [2.45, 2.75) is 26.2 Å². The average molecular weight is 602 g/mol. The first-order chi connectivity index (χ1) is 19.7. The van der Waals surface area contributed by atoms with Crippen molar-refractivity contribution >= 4 is 23.6 Å². The molecule has 0 aliphatic rings. The van der Waals surface area contributed by atoms with Crippen LogP contribution in [0.15, 0.2) is 59.4 Å². The van der Waals surface area contributed by atoms with Gasteiger partial charge in [0.2, 0.25) is 0 Å². The number of carbonyl (C=O) groups is 1. The summed E-state index contributed by atoms with van der Waals surface area (Å²) in [5, 5.41) is 2.73. The predicted molar refractivity (Wildman–Crippen MR) is 148 cm³/mol. The number of halogens is 7. The van der Waals surface area contributed by atoms with Crippen LogP contribution in [0.5, 0.6) is 5.75 Å². The summed E-state index contributed by atoms with van der Waals surface area (Å²) in [5.41, 5.74) is 6.83. The summed E-state index contributed by atoms with van der Waals surface area (Å²) in [6.45, 7) is 3.89. The second-order valence-electron chi connectivity index (χ2n) is 7.86. The number of ether oxygens (including phenoxy) is 1. The summed E-state index contributed by atoms with van der Waals surface area (Å²) in [6.07, 6.45) is -8.83.